The lowest BCUT2D eigenvalue weighted by molar-refractivity contribution is -0.259. The quantitative estimate of drug-likeness (QED) is 0.132. The van der Waals surface area contributed by atoms with Crippen LogP contribution in [0.25, 0.3) is 0 Å². The van der Waals surface area contributed by atoms with Gasteiger partial charge in [0.2, 0.25) is 0 Å². The van der Waals surface area contributed by atoms with Gasteiger partial charge in [0, 0.05) is 55.1 Å². The molecule has 11 nitrogen and oxygen atoms in total. The number of carbonyl (C=O) groups is 2. The number of hydrogen-bond acceptors (Lipinski definition) is 11. The molecule has 1 aliphatic heterocycles. The van der Waals surface area contributed by atoms with Crippen LogP contribution in [-0.4, -0.2) is 79.9 Å². The lowest BCUT2D eigenvalue weighted by Gasteiger charge is -2.45. The first-order valence-corrected chi connectivity index (χ1v) is 17.4. The fourth-order valence-electron chi connectivity index (χ4n) is 7.94. The second-order valence-corrected chi connectivity index (χ2v) is 14.0. The number of benzene rings is 4. The number of aliphatic hydroxyl groups excluding tert-OH is 1. The lowest BCUT2D eigenvalue weighted by atomic mass is 9.72. The number of ketones is 2. The Balaban J connectivity index is 1.28. The molecule has 3 aliphatic rings. The van der Waals surface area contributed by atoms with Crippen molar-refractivity contribution in [3.63, 3.8) is 0 Å². The van der Waals surface area contributed by atoms with E-state index in [1.807, 2.05) is 60.7 Å². The topological polar surface area (TPSA) is 170 Å². The molecule has 1 heterocycles. The van der Waals surface area contributed by atoms with Gasteiger partial charge in [0.25, 0.3) is 0 Å². The van der Waals surface area contributed by atoms with Crippen LogP contribution in [0.15, 0.2) is 78.9 Å². The Labute approximate surface area is 301 Å². The van der Waals surface area contributed by atoms with Crippen molar-refractivity contribution in [2.24, 2.45) is 0 Å². The number of methoxy groups -OCH3 is 1. The number of nitrogens with one attached hydrogen (secondary N) is 1. The van der Waals surface area contributed by atoms with Crippen LogP contribution in [0, 0.1) is 5.41 Å². The van der Waals surface area contributed by atoms with Gasteiger partial charge in [0.05, 0.1) is 47.8 Å². The molecule has 2 aliphatic carbocycles. The van der Waals surface area contributed by atoms with E-state index >= 15 is 0 Å². The SMILES string of the molecule is COc1cccc2c1C(=N)c1c(O)c3c(c(O)c1C2=O)C[C@@](O)(C(C)=O)C[C@@H]3O[C@H]1C[C@H](N(Cc2ccccc2)Cc2ccccc2)[C@H](O)[C@H](C)O1. The Kier molecular flexibility index (Phi) is 9.49. The largest absolute Gasteiger partial charge is 0.507 e. The third-order valence-corrected chi connectivity index (χ3v) is 10.7. The van der Waals surface area contributed by atoms with E-state index in [0.29, 0.717) is 13.1 Å². The lowest BCUT2D eigenvalue weighted by Crippen LogP contribution is -2.55. The van der Waals surface area contributed by atoms with E-state index in [4.69, 9.17) is 19.6 Å². The average Bonchev–Trinajstić information content (AvgIpc) is 3.13. The minimum absolute atomic E-state index is 0.0204. The summed E-state index contributed by atoms with van der Waals surface area (Å²) in [5.41, 5.74) is -0.299. The van der Waals surface area contributed by atoms with E-state index in [1.165, 1.54) is 20.1 Å². The van der Waals surface area contributed by atoms with Crippen molar-refractivity contribution < 1.29 is 44.2 Å². The highest BCUT2D eigenvalue weighted by molar-refractivity contribution is 6.32. The Hall–Kier alpha value is -4.91. The van der Waals surface area contributed by atoms with Crippen molar-refractivity contribution in [2.75, 3.05) is 7.11 Å². The highest BCUT2D eigenvalue weighted by Gasteiger charge is 2.49. The number of ether oxygens (including phenoxy) is 3. The first-order valence-electron chi connectivity index (χ1n) is 17.4. The van der Waals surface area contributed by atoms with Gasteiger partial charge >= 0.3 is 0 Å². The van der Waals surface area contributed by atoms with E-state index in [9.17, 15) is 30.0 Å². The van der Waals surface area contributed by atoms with Crippen LogP contribution in [0.1, 0.15) is 82.1 Å². The Morgan fingerprint density at radius 3 is 2.17 bits per heavy atom. The number of aromatic hydroxyl groups is 2. The number of nitrogens with zero attached hydrogens (tertiary/aromatic N) is 1. The molecule has 4 aromatic carbocycles. The molecule has 7 rings (SSSR count). The monoisotopic (exact) mass is 706 g/mol. The molecular formula is C41H42N2O9. The van der Waals surface area contributed by atoms with Crippen LogP contribution in [0.2, 0.25) is 0 Å². The van der Waals surface area contributed by atoms with Crippen LogP contribution >= 0.6 is 0 Å². The van der Waals surface area contributed by atoms with E-state index < -0.39 is 59.3 Å². The van der Waals surface area contributed by atoms with Crippen molar-refractivity contribution in [1.29, 1.82) is 5.41 Å². The Morgan fingerprint density at radius 1 is 0.942 bits per heavy atom. The minimum atomic E-state index is -2.01. The second-order valence-electron chi connectivity index (χ2n) is 14.0. The van der Waals surface area contributed by atoms with Gasteiger partial charge < -0.3 is 34.6 Å². The molecule has 11 heteroatoms. The molecule has 4 aromatic rings. The van der Waals surface area contributed by atoms with E-state index in [2.05, 4.69) is 4.90 Å². The molecule has 0 saturated carbocycles. The molecular weight excluding hydrogens is 664 g/mol. The summed E-state index contributed by atoms with van der Waals surface area (Å²) < 4.78 is 18.2. The van der Waals surface area contributed by atoms with Gasteiger partial charge in [-0.25, -0.2) is 0 Å². The molecule has 52 heavy (non-hydrogen) atoms. The zero-order chi connectivity index (χ0) is 36.9. The maximum atomic E-state index is 13.9. The standard InChI is InChI=1S/C41H42N2O9/c1-22-37(45)28(43(20-24-11-6-4-7-12-24)21-25-13-8-5-9-14-25)17-31(51-22)52-30-19-41(49,23(2)44)18-27-33(30)40(48)34-35(39(27)47)38(46)26-15-10-16-29(50-3)32(26)36(34)42/h4-16,22,28,30-31,37,42,45,47-49H,17-21H2,1-3H3/t22-,28-,30-,31-,37+,41-/m0/s1. The summed E-state index contributed by atoms with van der Waals surface area (Å²) in [6, 6.07) is 24.1. The number of phenolic OH excluding ortho intramolecular Hbond substituents is 2. The van der Waals surface area contributed by atoms with Gasteiger partial charge in [-0.1, -0.05) is 72.8 Å². The molecule has 6 atom stereocenters. The van der Waals surface area contributed by atoms with E-state index in [0.717, 1.165) is 11.1 Å². The Bertz CT molecular complexity index is 1990. The van der Waals surface area contributed by atoms with Gasteiger partial charge in [-0.15, -0.1) is 0 Å². The number of phenols is 2. The summed E-state index contributed by atoms with van der Waals surface area (Å²) >= 11 is 0. The van der Waals surface area contributed by atoms with Gasteiger partial charge in [-0.3, -0.25) is 19.9 Å². The fraction of sp³-hybridized carbons (Fsp3) is 0.341. The summed E-state index contributed by atoms with van der Waals surface area (Å²) in [5, 5.41) is 56.0. The summed E-state index contributed by atoms with van der Waals surface area (Å²) in [4.78, 5) is 29.0. The molecule has 1 saturated heterocycles. The number of Topliss-reactive ketones (excluding diaryl/α,β-unsaturated/α-hetero) is 1. The zero-order valence-electron chi connectivity index (χ0n) is 29.2. The van der Waals surface area contributed by atoms with Crippen LogP contribution in [-0.2, 0) is 33.8 Å². The zero-order valence-corrected chi connectivity index (χ0v) is 29.2. The maximum Gasteiger partial charge on any atom is 0.198 e. The third-order valence-electron chi connectivity index (χ3n) is 10.7. The van der Waals surface area contributed by atoms with Gasteiger partial charge in [0.15, 0.2) is 17.9 Å². The number of fused-ring (bicyclic) bond motifs is 3. The van der Waals surface area contributed by atoms with Crippen LogP contribution in [0.4, 0.5) is 0 Å². The fourth-order valence-corrected chi connectivity index (χ4v) is 7.94. The summed E-state index contributed by atoms with van der Waals surface area (Å²) in [7, 11) is 1.41. The van der Waals surface area contributed by atoms with E-state index in [-0.39, 0.29) is 64.1 Å². The summed E-state index contributed by atoms with van der Waals surface area (Å²) in [5.74, 6) is -1.98. The molecule has 270 valence electrons. The van der Waals surface area contributed by atoms with Crippen molar-refractivity contribution in [3.05, 3.63) is 123 Å². The van der Waals surface area contributed by atoms with Crippen LogP contribution in [0.3, 0.4) is 0 Å². The molecule has 0 amide bonds. The van der Waals surface area contributed by atoms with Gasteiger partial charge in [-0.05, 0) is 31.0 Å². The maximum absolute atomic E-state index is 13.9. The summed E-state index contributed by atoms with van der Waals surface area (Å²) in [6.45, 7) is 4.02. The molecule has 0 radical (unpaired) electrons. The normalized spacial score (nSPS) is 25.3. The molecule has 0 spiro atoms. The predicted molar refractivity (Wildman–Crippen MR) is 191 cm³/mol. The van der Waals surface area contributed by atoms with Crippen molar-refractivity contribution in [2.45, 2.75) is 82.4 Å². The summed E-state index contributed by atoms with van der Waals surface area (Å²) in [6.07, 6.45) is -4.27. The number of aliphatic hydroxyl groups is 2. The van der Waals surface area contributed by atoms with Crippen molar-refractivity contribution >= 4 is 17.3 Å². The molecule has 5 N–H and O–H groups in total. The van der Waals surface area contributed by atoms with Crippen molar-refractivity contribution in [1.82, 2.24) is 4.90 Å². The number of hydrogen-bond donors (Lipinski definition) is 5. The smallest absolute Gasteiger partial charge is 0.198 e. The highest BCUT2D eigenvalue weighted by atomic mass is 16.7. The Morgan fingerprint density at radius 2 is 1.58 bits per heavy atom. The van der Waals surface area contributed by atoms with Crippen LogP contribution < -0.4 is 4.74 Å². The molecule has 0 unspecified atom stereocenters. The first-order chi connectivity index (χ1) is 24.9. The average molecular weight is 707 g/mol. The predicted octanol–water partition coefficient (Wildman–Crippen LogP) is 4.96. The number of rotatable bonds is 9. The highest BCUT2D eigenvalue weighted by Crippen LogP contribution is 2.52. The first kappa shape index (κ1) is 35.5. The third kappa shape index (κ3) is 6.18. The van der Waals surface area contributed by atoms with Crippen LogP contribution in [0.5, 0.6) is 17.2 Å². The molecule has 0 aromatic heterocycles. The number of carbonyl (C=O) groups excluding carboxylic acids is 2. The van der Waals surface area contributed by atoms with E-state index in [1.54, 1.807) is 19.1 Å². The van der Waals surface area contributed by atoms with Gasteiger partial charge in [0.1, 0.15) is 22.8 Å². The second kappa shape index (κ2) is 13.9. The molecule has 1 fully saturated rings. The van der Waals surface area contributed by atoms with Crippen molar-refractivity contribution in [3.8, 4) is 17.2 Å². The molecule has 0 bridgehead atoms. The minimum Gasteiger partial charge on any atom is -0.507 e. The van der Waals surface area contributed by atoms with Gasteiger partial charge in [-0.2, -0.15) is 0 Å².